The largest absolute Gasteiger partial charge is 0.383 e. The molecular weight excluding hydrogens is 252 g/mol. The third-order valence-corrected chi connectivity index (χ3v) is 3.41. The highest BCUT2D eigenvalue weighted by Gasteiger charge is 2.11. The van der Waals surface area contributed by atoms with Gasteiger partial charge in [-0.15, -0.1) is 0 Å². The summed E-state index contributed by atoms with van der Waals surface area (Å²) in [6.07, 6.45) is 0. The zero-order valence-electron chi connectivity index (χ0n) is 10.4. The van der Waals surface area contributed by atoms with Crippen LogP contribution in [0, 0.1) is 0 Å². The molecule has 5 heteroatoms. The van der Waals surface area contributed by atoms with E-state index in [-0.39, 0.29) is 5.69 Å². The van der Waals surface area contributed by atoms with E-state index in [1.165, 1.54) is 4.40 Å². The molecule has 0 fully saturated rings. The molecule has 0 radical (unpaired) electrons. The normalized spacial score (nSPS) is 11.4. The van der Waals surface area contributed by atoms with Gasteiger partial charge in [0.2, 0.25) is 0 Å². The summed E-state index contributed by atoms with van der Waals surface area (Å²) in [5.41, 5.74) is 7.56. The van der Waals surface area contributed by atoms with Gasteiger partial charge >= 0.3 is 5.69 Å². The zero-order chi connectivity index (χ0) is 13.7. The Labute approximate surface area is 113 Å². The third-order valence-electron chi connectivity index (χ3n) is 3.41. The monoisotopic (exact) mass is 262 g/mol. The molecule has 0 atom stereocenters. The maximum Gasteiger partial charge on any atom is 0.354 e. The van der Waals surface area contributed by atoms with Gasteiger partial charge in [-0.3, -0.25) is 0 Å². The SMILES string of the molecule is Nc1nc2c3ccccc3nc(=O)n2c2ccccc12. The zero-order valence-corrected chi connectivity index (χ0v) is 10.4. The molecule has 96 valence electrons. The summed E-state index contributed by atoms with van der Waals surface area (Å²) in [5, 5.41) is 1.56. The fourth-order valence-corrected chi connectivity index (χ4v) is 2.51. The first-order chi connectivity index (χ1) is 9.75. The Balaban J connectivity index is 2.42. The number of fused-ring (bicyclic) bond motifs is 5. The Hall–Kier alpha value is -2.95. The van der Waals surface area contributed by atoms with Crippen molar-refractivity contribution in [3.8, 4) is 0 Å². The highest BCUT2D eigenvalue weighted by molar-refractivity contribution is 5.97. The molecule has 4 rings (SSSR count). The number of benzene rings is 2. The lowest BCUT2D eigenvalue weighted by atomic mass is 10.2. The Kier molecular flexibility index (Phi) is 2.06. The highest BCUT2D eigenvalue weighted by atomic mass is 16.1. The summed E-state index contributed by atoms with van der Waals surface area (Å²) >= 11 is 0. The van der Waals surface area contributed by atoms with Crippen molar-refractivity contribution in [3.63, 3.8) is 0 Å². The summed E-state index contributed by atoms with van der Waals surface area (Å²) in [5.74, 6) is 0.413. The van der Waals surface area contributed by atoms with E-state index in [4.69, 9.17) is 5.73 Å². The summed E-state index contributed by atoms with van der Waals surface area (Å²) in [6.45, 7) is 0. The van der Waals surface area contributed by atoms with Gasteiger partial charge in [0.05, 0.1) is 11.0 Å². The van der Waals surface area contributed by atoms with Crippen molar-refractivity contribution in [2.24, 2.45) is 0 Å². The molecule has 2 heterocycles. The topological polar surface area (TPSA) is 73.3 Å². The minimum absolute atomic E-state index is 0.345. The molecule has 2 aromatic heterocycles. The molecule has 0 saturated heterocycles. The molecule has 0 unspecified atom stereocenters. The van der Waals surface area contributed by atoms with E-state index in [9.17, 15) is 4.79 Å². The molecule has 0 bridgehead atoms. The maximum absolute atomic E-state index is 12.3. The molecule has 5 nitrogen and oxygen atoms in total. The van der Waals surface area contributed by atoms with E-state index in [1.54, 1.807) is 6.07 Å². The van der Waals surface area contributed by atoms with Crippen LogP contribution in [0.5, 0.6) is 0 Å². The number of anilines is 1. The molecule has 2 aromatic carbocycles. The van der Waals surface area contributed by atoms with E-state index < -0.39 is 0 Å². The van der Waals surface area contributed by atoms with E-state index in [2.05, 4.69) is 9.97 Å². The summed E-state index contributed by atoms with van der Waals surface area (Å²) in [4.78, 5) is 20.8. The van der Waals surface area contributed by atoms with Crippen molar-refractivity contribution in [2.75, 3.05) is 5.73 Å². The lowest BCUT2D eigenvalue weighted by Gasteiger charge is -2.09. The lowest BCUT2D eigenvalue weighted by molar-refractivity contribution is 1.03. The molecule has 0 aliphatic rings. The van der Waals surface area contributed by atoms with Crippen LogP contribution in [-0.4, -0.2) is 14.4 Å². The van der Waals surface area contributed by atoms with Crippen LogP contribution in [0.3, 0.4) is 0 Å². The Morgan fingerprint density at radius 2 is 1.60 bits per heavy atom. The van der Waals surface area contributed by atoms with Crippen LogP contribution in [0.15, 0.2) is 53.3 Å². The van der Waals surface area contributed by atoms with Gasteiger partial charge in [-0.1, -0.05) is 24.3 Å². The minimum atomic E-state index is -0.345. The average molecular weight is 262 g/mol. The van der Waals surface area contributed by atoms with Gasteiger partial charge in [0, 0.05) is 10.8 Å². The van der Waals surface area contributed by atoms with Crippen LogP contribution in [0.1, 0.15) is 0 Å². The van der Waals surface area contributed by atoms with Gasteiger partial charge < -0.3 is 5.73 Å². The predicted molar refractivity (Wildman–Crippen MR) is 78.7 cm³/mol. The first-order valence-electron chi connectivity index (χ1n) is 6.21. The first kappa shape index (κ1) is 10.9. The second-order valence-electron chi connectivity index (χ2n) is 4.58. The number of hydrogen-bond donors (Lipinski definition) is 1. The molecule has 0 aliphatic carbocycles. The van der Waals surface area contributed by atoms with Crippen LogP contribution in [0.25, 0.3) is 27.5 Å². The third kappa shape index (κ3) is 1.34. The van der Waals surface area contributed by atoms with Crippen molar-refractivity contribution in [1.82, 2.24) is 14.4 Å². The van der Waals surface area contributed by atoms with Crippen molar-refractivity contribution in [1.29, 1.82) is 0 Å². The van der Waals surface area contributed by atoms with E-state index in [0.29, 0.717) is 17.0 Å². The fourth-order valence-electron chi connectivity index (χ4n) is 2.51. The van der Waals surface area contributed by atoms with Crippen LogP contribution in [-0.2, 0) is 0 Å². The summed E-state index contributed by atoms with van der Waals surface area (Å²) in [7, 11) is 0. The number of nitrogens with two attached hydrogens (primary N) is 1. The summed E-state index contributed by atoms with van der Waals surface area (Å²) < 4.78 is 1.51. The van der Waals surface area contributed by atoms with Gasteiger partial charge in [0.25, 0.3) is 0 Å². The van der Waals surface area contributed by atoms with Crippen LogP contribution in [0.2, 0.25) is 0 Å². The van der Waals surface area contributed by atoms with Gasteiger partial charge in [0.1, 0.15) is 5.82 Å². The van der Waals surface area contributed by atoms with Gasteiger partial charge in [-0.05, 0) is 24.3 Å². The van der Waals surface area contributed by atoms with E-state index in [1.807, 2.05) is 42.5 Å². The molecule has 2 N–H and O–H groups in total. The number of para-hydroxylation sites is 2. The molecule has 0 aliphatic heterocycles. The van der Waals surface area contributed by atoms with Crippen LogP contribution in [0.4, 0.5) is 5.82 Å². The van der Waals surface area contributed by atoms with E-state index in [0.717, 1.165) is 16.3 Å². The number of aromatic nitrogens is 3. The Morgan fingerprint density at radius 3 is 2.45 bits per heavy atom. The standard InChI is InChI=1S/C15H10N4O/c16-13-10-6-2-4-8-12(10)19-14(18-13)9-5-1-3-7-11(9)17-15(19)20/h1-8H,(H2,16,18). The molecule has 0 amide bonds. The molecule has 0 saturated carbocycles. The van der Waals surface area contributed by atoms with Crippen molar-refractivity contribution in [3.05, 3.63) is 59.0 Å². The number of nitrogen functional groups attached to an aromatic ring is 1. The second kappa shape index (κ2) is 3.77. The average Bonchev–Trinajstić information content (AvgIpc) is 2.47. The lowest BCUT2D eigenvalue weighted by Crippen LogP contribution is -2.19. The molecule has 0 spiro atoms. The smallest absolute Gasteiger partial charge is 0.354 e. The predicted octanol–water partition coefficient (Wildman–Crippen LogP) is 1.98. The quantitative estimate of drug-likeness (QED) is 0.492. The van der Waals surface area contributed by atoms with Crippen molar-refractivity contribution < 1.29 is 0 Å². The van der Waals surface area contributed by atoms with Crippen LogP contribution < -0.4 is 11.4 Å². The van der Waals surface area contributed by atoms with Crippen LogP contribution >= 0.6 is 0 Å². The second-order valence-corrected chi connectivity index (χ2v) is 4.58. The molecule has 20 heavy (non-hydrogen) atoms. The Bertz CT molecular complexity index is 1040. The number of hydrogen-bond acceptors (Lipinski definition) is 4. The molecule has 4 aromatic rings. The van der Waals surface area contributed by atoms with Crippen molar-refractivity contribution >= 4 is 33.3 Å². The van der Waals surface area contributed by atoms with Gasteiger partial charge in [-0.2, -0.15) is 4.98 Å². The first-order valence-corrected chi connectivity index (χ1v) is 6.21. The van der Waals surface area contributed by atoms with Crippen molar-refractivity contribution in [2.45, 2.75) is 0 Å². The maximum atomic E-state index is 12.3. The minimum Gasteiger partial charge on any atom is -0.383 e. The van der Waals surface area contributed by atoms with Gasteiger partial charge in [-0.25, -0.2) is 14.2 Å². The Morgan fingerprint density at radius 1 is 0.900 bits per heavy atom. The molecular formula is C15H10N4O. The number of rotatable bonds is 0. The summed E-state index contributed by atoms with van der Waals surface area (Å²) in [6, 6.07) is 14.8. The van der Waals surface area contributed by atoms with Gasteiger partial charge in [0.15, 0.2) is 5.65 Å². The fraction of sp³-hybridized carbons (Fsp3) is 0. The van der Waals surface area contributed by atoms with E-state index >= 15 is 0 Å². The number of nitrogens with zero attached hydrogens (tertiary/aromatic N) is 3. The highest BCUT2D eigenvalue weighted by Crippen LogP contribution is 2.23.